The number of hydrogen-bond donors (Lipinski definition) is 1. The van der Waals surface area contributed by atoms with Gasteiger partial charge in [-0.1, -0.05) is 0 Å². The molecule has 0 radical (unpaired) electrons. The van der Waals surface area contributed by atoms with Crippen molar-refractivity contribution in [1.82, 2.24) is 9.97 Å². The van der Waals surface area contributed by atoms with Crippen molar-refractivity contribution in [2.75, 3.05) is 6.61 Å². The SMILES string of the molecule is Cc1cc(F)c(COc2cc3c(cn2)[C@H]2[C@@H](C3)[C@@H]2C(=O)OC(C)(C)C)cc1-c1ccc(OCC2CC(C)(O)C2)nc1C. The third-order valence-corrected chi connectivity index (χ3v) is 8.70. The first-order valence-electron chi connectivity index (χ1n) is 14.7. The molecule has 0 unspecified atom stereocenters. The zero-order valence-electron chi connectivity index (χ0n) is 25.2. The fourth-order valence-electron chi connectivity index (χ4n) is 6.72. The number of ether oxygens (including phenoxy) is 3. The summed E-state index contributed by atoms with van der Waals surface area (Å²) < 4.78 is 32.4. The second-order valence-electron chi connectivity index (χ2n) is 13.6. The lowest BCUT2D eigenvalue weighted by Gasteiger charge is -2.40. The number of pyridine rings is 2. The molecule has 42 heavy (non-hydrogen) atoms. The van der Waals surface area contributed by atoms with Crippen molar-refractivity contribution in [3.63, 3.8) is 0 Å². The van der Waals surface area contributed by atoms with Gasteiger partial charge in [-0.3, -0.25) is 4.79 Å². The van der Waals surface area contributed by atoms with Gasteiger partial charge < -0.3 is 19.3 Å². The molecule has 2 fully saturated rings. The summed E-state index contributed by atoms with van der Waals surface area (Å²) in [6, 6.07) is 9.06. The van der Waals surface area contributed by atoms with Gasteiger partial charge in [0.1, 0.15) is 18.0 Å². The number of aryl methyl sites for hydroxylation is 2. The van der Waals surface area contributed by atoms with Gasteiger partial charge in [0.2, 0.25) is 11.8 Å². The Morgan fingerprint density at radius 2 is 1.86 bits per heavy atom. The molecule has 1 N–H and O–H groups in total. The van der Waals surface area contributed by atoms with Crippen molar-refractivity contribution in [2.45, 2.75) is 84.5 Å². The minimum atomic E-state index is -0.577. The molecule has 0 saturated heterocycles. The molecule has 2 heterocycles. The number of carbonyl (C=O) groups excluding carboxylic acids is 1. The minimum absolute atomic E-state index is 0.0388. The molecule has 8 heteroatoms. The number of nitrogens with zero attached hydrogens (tertiary/aromatic N) is 2. The fraction of sp³-hybridized carbons (Fsp3) is 0.500. The summed E-state index contributed by atoms with van der Waals surface area (Å²) in [5, 5.41) is 9.94. The third-order valence-electron chi connectivity index (χ3n) is 8.70. The molecule has 3 aliphatic rings. The molecule has 2 saturated carbocycles. The topological polar surface area (TPSA) is 90.8 Å². The summed E-state index contributed by atoms with van der Waals surface area (Å²) in [6.45, 7) is 11.9. The van der Waals surface area contributed by atoms with E-state index in [1.807, 2.05) is 65.8 Å². The second-order valence-corrected chi connectivity index (χ2v) is 13.6. The first-order chi connectivity index (χ1) is 19.8. The lowest BCUT2D eigenvalue weighted by Crippen LogP contribution is -2.43. The van der Waals surface area contributed by atoms with E-state index in [-0.39, 0.29) is 36.1 Å². The van der Waals surface area contributed by atoms with Crippen LogP contribution >= 0.6 is 0 Å². The maximum atomic E-state index is 15.0. The summed E-state index contributed by atoms with van der Waals surface area (Å²) in [7, 11) is 0. The maximum Gasteiger partial charge on any atom is 0.310 e. The molecule has 3 aromatic rings. The molecule has 3 atom stereocenters. The van der Waals surface area contributed by atoms with Crippen LogP contribution < -0.4 is 9.47 Å². The smallest absolute Gasteiger partial charge is 0.310 e. The lowest BCUT2D eigenvalue weighted by atomic mass is 9.73. The van der Waals surface area contributed by atoms with Gasteiger partial charge in [0.25, 0.3) is 0 Å². The van der Waals surface area contributed by atoms with Crippen LogP contribution in [0.4, 0.5) is 4.39 Å². The minimum Gasteiger partial charge on any atom is -0.477 e. The van der Waals surface area contributed by atoms with Crippen LogP contribution in [0.15, 0.2) is 36.5 Å². The zero-order chi connectivity index (χ0) is 30.0. The zero-order valence-corrected chi connectivity index (χ0v) is 25.2. The molecule has 0 bridgehead atoms. The molecule has 0 amide bonds. The molecule has 0 aliphatic heterocycles. The molecular formula is C34H39FN2O5. The van der Waals surface area contributed by atoms with Gasteiger partial charge in [-0.25, -0.2) is 14.4 Å². The van der Waals surface area contributed by atoms with Crippen LogP contribution in [0.25, 0.3) is 11.1 Å². The van der Waals surface area contributed by atoms with Crippen molar-refractivity contribution < 1.29 is 28.5 Å². The van der Waals surface area contributed by atoms with Gasteiger partial charge >= 0.3 is 5.97 Å². The van der Waals surface area contributed by atoms with Crippen LogP contribution in [0.5, 0.6) is 11.8 Å². The van der Waals surface area contributed by atoms with E-state index in [1.54, 1.807) is 6.20 Å². The van der Waals surface area contributed by atoms with Crippen molar-refractivity contribution in [3.8, 4) is 22.9 Å². The largest absolute Gasteiger partial charge is 0.477 e. The lowest BCUT2D eigenvalue weighted by molar-refractivity contribution is -0.157. The van der Waals surface area contributed by atoms with Crippen LogP contribution in [-0.4, -0.2) is 38.9 Å². The summed E-state index contributed by atoms with van der Waals surface area (Å²) >= 11 is 0. The van der Waals surface area contributed by atoms with E-state index >= 15 is 0 Å². The average Bonchev–Trinajstić information content (AvgIpc) is 3.47. The number of rotatable bonds is 8. The first-order valence-corrected chi connectivity index (χ1v) is 14.7. The van der Waals surface area contributed by atoms with Crippen LogP contribution in [0.2, 0.25) is 0 Å². The van der Waals surface area contributed by atoms with Gasteiger partial charge in [-0.15, -0.1) is 0 Å². The quantitative estimate of drug-likeness (QED) is 0.318. The number of halogens is 1. The van der Waals surface area contributed by atoms with E-state index < -0.39 is 11.2 Å². The Kier molecular flexibility index (Phi) is 7.03. The summed E-state index contributed by atoms with van der Waals surface area (Å²) in [4.78, 5) is 21.7. The predicted octanol–water partition coefficient (Wildman–Crippen LogP) is 6.25. The number of esters is 1. The Labute approximate surface area is 246 Å². The van der Waals surface area contributed by atoms with Crippen LogP contribution in [0.3, 0.4) is 0 Å². The van der Waals surface area contributed by atoms with Crippen molar-refractivity contribution >= 4 is 5.97 Å². The Morgan fingerprint density at radius 1 is 1.10 bits per heavy atom. The van der Waals surface area contributed by atoms with Crippen molar-refractivity contribution in [2.24, 2.45) is 17.8 Å². The molecule has 7 nitrogen and oxygen atoms in total. The van der Waals surface area contributed by atoms with E-state index in [9.17, 15) is 14.3 Å². The second kappa shape index (κ2) is 10.3. The summed E-state index contributed by atoms with van der Waals surface area (Å²) in [5.74, 6) is 1.19. The molecule has 3 aliphatic carbocycles. The summed E-state index contributed by atoms with van der Waals surface area (Å²) in [6.07, 6.45) is 4.06. The van der Waals surface area contributed by atoms with E-state index in [0.29, 0.717) is 29.8 Å². The van der Waals surface area contributed by atoms with E-state index in [4.69, 9.17) is 14.2 Å². The number of fused-ring (bicyclic) bond motifs is 3. The standard InChI is InChI=1S/C34H39FN2O5/c1-18-9-27(35)22(11-24(18)23-7-8-28(37-19(23)2)40-16-20-13-34(6,39)14-20)17-41-29-12-21-10-25-30(26(21)15-36-29)31(25)32(38)42-33(3,4)5/h7-9,11-12,15,20,25,30-31,39H,10,13-14,16-17H2,1-6H3/t20?,25-,30-,31+,34?/m1/s1. The van der Waals surface area contributed by atoms with E-state index in [1.165, 1.54) is 6.07 Å². The maximum absolute atomic E-state index is 15.0. The summed E-state index contributed by atoms with van der Waals surface area (Å²) in [5.41, 5.74) is 4.96. The highest BCUT2D eigenvalue weighted by atomic mass is 19.1. The monoisotopic (exact) mass is 574 g/mol. The molecule has 2 aromatic heterocycles. The van der Waals surface area contributed by atoms with Gasteiger partial charge in [0, 0.05) is 41.1 Å². The Bertz CT molecular complexity index is 1540. The van der Waals surface area contributed by atoms with Gasteiger partial charge in [-0.05, 0) is 113 Å². The number of hydrogen-bond acceptors (Lipinski definition) is 7. The molecule has 0 spiro atoms. The highest BCUT2D eigenvalue weighted by molar-refractivity contribution is 5.80. The number of carbonyl (C=O) groups is 1. The Hall–Kier alpha value is -3.52. The fourth-order valence-corrected chi connectivity index (χ4v) is 6.72. The Balaban J connectivity index is 1.11. The number of aliphatic hydroxyl groups is 1. The average molecular weight is 575 g/mol. The highest BCUT2D eigenvalue weighted by Crippen LogP contribution is 2.62. The van der Waals surface area contributed by atoms with E-state index in [2.05, 4.69) is 9.97 Å². The van der Waals surface area contributed by atoms with Crippen molar-refractivity contribution in [3.05, 3.63) is 70.3 Å². The van der Waals surface area contributed by atoms with Crippen LogP contribution in [0.1, 0.15) is 74.4 Å². The molecule has 222 valence electrons. The van der Waals surface area contributed by atoms with E-state index in [0.717, 1.165) is 52.8 Å². The first kappa shape index (κ1) is 28.6. The third kappa shape index (κ3) is 5.74. The number of benzene rings is 1. The highest BCUT2D eigenvalue weighted by Gasteiger charge is 2.61. The Morgan fingerprint density at radius 3 is 2.55 bits per heavy atom. The normalized spacial score (nSPS) is 25.7. The van der Waals surface area contributed by atoms with Crippen molar-refractivity contribution in [1.29, 1.82) is 0 Å². The van der Waals surface area contributed by atoms with Crippen LogP contribution in [0, 0.1) is 37.4 Å². The molecule has 6 rings (SSSR count). The van der Waals surface area contributed by atoms with Gasteiger partial charge in [0.15, 0.2) is 0 Å². The number of aromatic nitrogens is 2. The molecular weight excluding hydrogens is 535 g/mol. The molecule has 1 aromatic carbocycles. The van der Waals surface area contributed by atoms with Gasteiger partial charge in [-0.2, -0.15) is 0 Å². The van der Waals surface area contributed by atoms with Crippen LogP contribution in [-0.2, 0) is 22.6 Å². The predicted molar refractivity (Wildman–Crippen MR) is 156 cm³/mol. The van der Waals surface area contributed by atoms with Gasteiger partial charge in [0.05, 0.1) is 18.1 Å².